The molecule has 0 bridgehead atoms. The van der Waals surface area contributed by atoms with Crippen LogP contribution in [0.1, 0.15) is 22.9 Å². The van der Waals surface area contributed by atoms with E-state index in [1.807, 2.05) is 6.07 Å². The molecule has 0 N–H and O–H groups in total. The van der Waals surface area contributed by atoms with E-state index in [9.17, 15) is 4.39 Å². The predicted octanol–water partition coefficient (Wildman–Crippen LogP) is 6.66. The van der Waals surface area contributed by atoms with Crippen molar-refractivity contribution in [2.45, 2.75) is 31.0 Å². The minimum atomic E-state index is -0.204. The molecule has 0 spiro atoms. The molecule has 0 fully saturated rings. The third-order valence-corrected chi connectivity index (χ3v) is 6.76. The molecule has 0 aliphatic rings. The molecule has 4 rings (SSSR count). The Hall–Kier alpha value is -2.24. The first-order valence-corrected chi connectivity index (χ1v) is 10.7. The highest BCUT2D eigenvalue weighted by Gasteiger charge is 2.18. The number of nitrogens with zero attached hydrogens (tertiary/aromatic N) is 2. The number of halogens is 1. The maximum atomic E-state index is 13.5. The molecule has 0 amide bonds. The van der Waals surface area contributed by atoms with Gasteiger partial charge in [0.15, 0.2) is 0 Å². The molecule has 27 heavy (non-hydrogen) atoms. The lowest BCUT2D eigenvalue weighted by atomic mass is 10.0. The maximum Gasteiger partial charge on any atom is 0.128 e. The van der Waals surface area contributed by atoms with E-state index in [2.05, 4.69) is 48.1 Å². The van der Waals surface area contributed by atoms with Crippen molar-refractivity contribution in [3.05, 3.63) is 76.7 Å². The minimum absolute atomic E-state index is 0.204. The van der Waals surface area contributed by atoms with Gasteiger partial charge in [-0.05, 0) is 36.6 Å². The lowest BCUT2D eigenvalue weighted by molar-refractivity contribution is 0.626. The molecular formula is C22H19FN2S2. The Kier molecular flexibility index (Phi) is 5.23. The summed E-state index contributed by atoms with van der Waals surface area (Å²) in [7, 11) is 0. The fourth-order valence-electron chi connectivity index (χ4n) is 3.12. The van der Waals surface area contributed by atoms with E-state index in [-0.39, 0.29) is 5.82 Å². The molecule has 2 aromatic heterocycles. The van der Waals surface area contributed by atoms with Crippen LogP contribution in [0.25, 0.3) is 21.3 Å². The minimum Gasteiger partial charge on any atom is -0.229 e. The smallest absolute Gasteiger partial charge is 0.128 e. The van der Waals surface area contributed by atoms with Gasteiger partial charge < -0.3 is 0 Å². The van der Waals surface area contributed by atoms with Crippen LogP contribution >= 0.6 is 23.1 Å². The lowest BCUT2D eigenvalue weighted by Gasteiger charge is -2.08. The predicted molar refractivity (Wildman–Crippen MR) is 113 cm³/mol. The first kappa shape index (κ1) is 18.1. The van der Waals surface area contributed by atoms with Crippen LogP contribution in [0.5, 0.6) is 0 Å². The number of hydrogen-bond donors (Lipinski definition) is 0. The van der Waals surface area contributed by atoms with Gasteiger partial charge in [-0.1, -0.05) is 48.9 Å². The molecule has 2 nitrogen and oxygen atoms in total. The second-order valence-electron chi connectivity index (χ2n) is 6.40. The SMILES string of the molecule is CCc1sc2ncnc(SCc3cccc(F)c3)c2c1-c1ccc(C)cc1. The Balaban J connectivity index is 1.79. The number of aryl methyl sites for hydroxylation is 2. The molecule has 2 heterocycles. The van der Waals surface area contributed by atoms with E-state index in [1.165, 1.54) is 27.6 Å². The van der Waals surface area contributed by atoms with Gasteiger partial charge in [-0.2, -0.15) is 0 Å². The Morgan fingerprint density at radius 3 is 2.63 bits per heavy atom. The van der Waals surface area contributed by atoms with Crippen molar-refractivity contribution >= 4 is 33.3 Å². The highest BCUT2D eigenvalue weighted by Crippen LogP contribution is 2.42. The number of thioether (sulfide) groups is 1. The number of hydrogen-bond acceptors (Lipinski definition) is 4. The van der Waals surface area contributed by atoms with Crippen molar-refractivity contribution in [3.8, 4) is 11.1 Å². The highest BCUT2D eigenvalue weighted by atomic mass is 32.2. The summed E-state index contributed by atoms with van der Waals surface area (Å²) < 4.78 is 13.5. The molecular weight excluding hydrogens is 375 g/mol. The van der Waals surface area contributed by atoms with Crippen LogP contribution in [-0.2, 0) is 12.2 Å². The van der Waals surface area contributed by atoms with Crippen molar-refractivity contribution < 1.29 is 4.39 Å². The van der Waals surface area contributed by atoms with Crippen LogP contribution in [0.4, 0.5) is 4.39 Å². The van der Waals surface area contributed by atoms with Gasteiger partial charge in [0.2, 0.25) is 0 Å². The third kappa shape index (κ3) is 3.75. The van der Waals surface area contributed by atoms with E-state index in [1.54, 1.807) is 41.6 Å². The Morgan fingerprint density at radius 2 is 1.89 bits per heavy atom. The van der Waals surface area contributed by atoms with Crippen LogP contribution in [0.15, 0.2) is 59.9 Å². The fourth-order valence-corrected chi connectivity index (χ4v) is 5.23. The van der Waals surface area contributed by atoms with E-state index < -0.39 is 0 Å². The number of benzene rings is 2. The van der Waals surface area contributed by atoms with Crippen molar-refractivity contribution in [1.29, 1.82) is 0 Å². The summed E-state index contributed by atoms with van der Waals surface area (Å²) in [5, 5.41) is 2.07. The monoisotopic (exact) mass is 394 g/mol. The zero-order valence-corrected chi connectivity index (χ0v) is 16.8. The molecule has 0 unspecified atom stereocenters. The summed E-state index contributed by atoms with van der Waals surface area (Å²) in [6.45, 7) is 4.27. The molecule has 0 saturated carbocycles. The average Bonchev–Trinajstić information content (AvgIpc) is 3.06. The molecule has 4 aromatic rings. The van der Waals surface area contributed by atoms with E-state index >= 15 is 0 Å². The molecule has 136 valence electrons. The van der Waals surface area contributed by atoms with Gasteiger partial charge in [0.25, 0.3) is 0 Å². The molecule has 5 heteroatoms. The fraction of sp³-hybridized carbons (Fsp3) is 0.182. The normalized spacial score (nSPS) is 11.2. The molecule has 2 aromatic carbocycles. The van der Waals surface area contributed by atoms with Crippen molar-refractivity contribution in [2.24, 2.45) is 0 Å². The second kappa shape index (κ2) is 7.79. The first-order valence-electron chi connectivity index (χ1n) is 8.86. The number of thiophene rings is 1. The number of rotatable bonds is 5. The summed E-state index contributed by atoms with van der Waals surface area (Å²) in [4.78, 5) is 11.4. The van der Waals surface area contributed by atoms with Crippen LogP contribution in [0, 0.1) is 12.7 Å². The van der Waals surface area contributed by atoms with Gasteiger partial charge >= 0.3 is 0 Å². The molecule has 0 atom stereocenters. The number of fused-ring (bicyclic) bond motifs is 1. The Bertz CT molecular complexity index is 1090. The Labute approximate surface area is 166 Å². The largest absolute Gasteiger partial charge is 0.229 e. The average molecular weight is 395 g/mol. The highest BCUT2D eigenvalue weighted by molar-refractivity contribution is 7.98. The van der Waals surface area contributed by atoms with Gasteiger partial charge in [0, 0.05) is 16.2 Å². The van der Waals surface area contributed by atoms with Crippen LogP contribution in [0.3, 0.4) is 0 Å². The third-order valence-electron chi connectivity index (χ3n) is 4.45. The van der Waals surface area contributed by atoms with Crippen molar-refractivity contribution in [2.75, 3.05) is 0 Å². The standard InChI is InChI=1S/C22H19FN2S2/c1-3-18-19(16-9-7-14(2)8-10-16)20-21(24-13-25-22(20)27-18)26-12-15-5-4-6-17(23)11-15/h4-11,13H,3,12H2,1-2H3. The molecule has 0 aliphatic carbocycles. The summed E-state index contributed by atoms with van der Waals surface area (Å²) in [6, 6.07) is 15.4. The summed E-state index contributed by atoms with van der Waals surface area (Å²) in [5.74, 6) is 0.471. The summed E-state index contributed by atoms with van der Waals surface area (Å²) in [5.41, 5.74) is 4.63. The first-order chi connectivity index (χ1) is 13.2. The number of aromatic nitrogens is 2. The van der Waals surface area contributed by atoms with E-state index in [4.69, 9.17) is 0 Å². The van der Waals surface area contributed by atoms with Gasteiger partial charge in [0.1, 0.15) is 22.0 Å². The van der Waals surface area contributed by atoms with E-state index in [0.717, 1.165) is 27.2 Å². The maximum absolute atomic E-state index is 13.5. The van der Waals surface area contributed by atoms with Crippen molar-refractivity contribution in [3.63, 3.8) is 0 Å². The molecule has 0 saturated heterocycles. The molecule has 0 radical (unpaired) electrons. The lowest BCUT2D eigenvalue weighted by Crippen LogP contribution is -1.89. The molecule has 0 aliphatic heterocycles. The van der Waals surface area contributed by atoms with Gasteiger partial charge in [-0.15, -0.1) is 23.1 Å². The Morgan fingerprint density at radius 1 is 1.07 bits per heavy atom. The van der Waals surface area contributed by atoms with Gasteiger partial charge in [-0.25, -0.2) is 14.4 Å². The van der Waals surface area contributed by atoms with Gasteiger partial charge in [-0.3, -0.25) is 0 Å². The van der Waals surface area contributed by atoms with Crippen molar-refractivity contribution in [1.82, 2.24) is 9.97 Å². The zero-order chi connectivity index (χ0) is 18.8. The van der Waals surface area contributed by atoms with Crippen LogP contribution in [-0.4, -0.2) is 9.97 Å². The second-order valence-corrected chi connectivity index (χ2v) is 8.45. The van der Waals surface area contributed by atoms with Crippen LogP contribution in [0.2, 0.25) is 0 Å². The quantitative estimate of drug-likeness (QED) is 0.279. The van der Waals surface area contributed by atoms with E-state index in [0.29, 0.717) is 5.75 Å². The summed E-state index contributed by atoms with van der Waals surface area (Å²) >= 11 is 3.37. The van der Waals surface area contributed by atoms with Crippen LogP contribution < -0.4 is 0 Å². The zero-order valence-electron chi connectivity index (χ0n) is 15.2. The topological polar surface area (TPSA) is 25.8 Å². The summed E-state index contributed by atoms with van der Waals surface area (Å²) in [6.07, 6.45) is 2.59. The van der Waals surface area contributed by atoms with Gasteiger partial charge in [0.05, 0.1) is 5.39 Å².